The summed E-state index contributed by atoms with van der Waals surface area (Å²) in [5, 5.41) is -12.6. The highest BCUT2D eigenvalue weighted by molar-refractivity contribution is 7.80. The highest BCUT2D eigenvalue weighted by Gasteiger charge is 2.74. The summed E-state index contributed by atoms with van der Waals surface area (Å²) in [7, 11) is 0. The number of hydrogen-bond acceptors (Lipinski definition) is 4. The Bertz CT molecular complexity index is 490. The van der Waals surface area contributed by atoms with E-state index in [9.17, 15) is 61.4 Å². The highest BCUT2D eigenvalue weighted by atomic mass is 35.5. The first-order chi connectivity index (χ1) is 10.1. The predicted molar refractivity (Wildman–Crippen MR) is 46.6 cm³/mol. The van der Waals surface area contributed by atoms with Crippen molar-refractivity contribution in [2.75, 3.05) is 0 Å². The van der Waals surface area contributed by atoms with Gasteiger partial charge in [-0.2, -0.15) is 52.7 Å². The SMILES string of the molecule is O=S([O-])C(F)(F)C(F)(F)OC(F)(F)C(F)(F)OC(F)(F)C(F)(F)Cl. The van der Waals surface area contributed by atoms with Crippen molar-refractivity contribution in [3.05, 3.63) is 0 Å². The van der Waals surface area contributed by atoms with Gasteiger partial charge in [-0.3, -0.25) is 4.21 Å². The second-order valence-electron chi connectivity index (χ2n) is 3.52. The molecule has 0 aliphatic carbocycles. The average molecular weight is 432 g/mol. The highest BCUT2D eigenvalue weighted by Crippen LogP contribution is 2.50. The largest absolute Gasteiger partial charge is 0.768 e. The van der Waals surface area contributed by atoms with Gasteiger partial charge in [-0.05, 0) is 11.6 Å². The summed E-state index contributed by atoms with van der Waals surface area (Å²) in [4.78, 5) is 0. The third kappa shape index (κ3) is 4.55. The van der Waals surface area contributed by atoms with Crippen LogP contribution in [0.2, 0.25) is 0 Å². The number of hydrogen-bond donors (Lipinski definition) is 0. The van der Waals surface area contributed by atoms with Crippen molar-refractivity contribution in [1.82, 2.24) is 0 Å². The van der Waals surface area contributed by atoms with Gasteiger partial charge in [0.15, 0.2) is 0 Å². The molecule has 0 aromatic carbocycles. The van der Waals surface area contributed by atoms with E-state index in [2.05, 4.69) is 11.6 Å². The van der Waals surface area contributed by atoms with Crippen molar-refractivity contribution in [3.8, 4) is 0 Å². The van der Waals surface area contributed by atoms with Crippen LogP contribution < -0.4 is 0 Å². The lowest BCUT2D eigenvalue weighted by Crippen LogP contribution is -2.58. The van der Waals surface area contributed by atoms with Crippen LogP contribution in [0.15, 0.2) is 0 Å². The molecule has 4 nitrogen and oxygen atoms in total. The Morgan fingerprint density at radius 1 is 0.667 bits per heavy atom. The smallest absolute Gasteiger partial charge is 0.453 e. The summed E-state index contributed by atoms with van der Waals surface area (Å²) in [6.07, 6.45) is -27.7. The summed E-state index contributed by atoms with van der Waals surface area (Å²) in [6, 6.07) is 0. The molecule has 0 aliphatic heterocycles. The van der Waals surface area contributed by atoms with Crippen LogP contribution in [0.5, 0.6) is 0 Å². The Kier molecular flexibility index (Phi) is 6.19. The summed E-state index contributed by atoms with van der Waals surface area (Å²) >= 11 is -1.66. The fraction of sp³-hybridized carbons (Fsp3) is 1.00. The van der Waals surface area contributed by atoms with E-state index in [1.807, 2.05) is 0 Å². The van der Waals surface area contributed by atoms with Gasteiger partial charge >= 0.3 is 35.1 Å². The normalized spacial score (nSPS) is 17.1. The second kappa shape index (κ2) is 6.33. The standard InChI is InChI=1S/C6HClF12O4S/c7-1(8,9)2(10,11)22-3(12,13)4(14,15)23-5(16,17)6(18,19)24(20)21/h(H,20,21)/p-1. The summed E-state index contributed by atoms with van der Waals surface area (Å²) < 4.78 is 172. The first-order valence-corrected chi connectivity index (χ1v) is 6.01. The molecule has 0 amide bonds. The first-order valence-electron chi connectivity index (χ1n) is 4.56. The van der Waals surface area contributed by atoms with Crippen LogP contribution in [0.3, 0.4) is 0 Å². The van der Waals surface area contributed by atoms with E-state index in [0.717, 1.165) is 0 Å². The van der Waals surface area contributed by atoms with Crippen LogP contribution in [0.25, 0.3) is 0 Å². The zero-order valence-electron chi connectivity index (χ0n) is 9.95. The molecular weight excluding hydrogens is 432 g/mol. The summed E-state index contributed by atoms with van der Waals surface area (Å²) in [5.74, 6) is 0. The van der Waals surface area contributed by atoms with Gasteiger partial charge in [-0.15, -0.1) is 0 Å². The third-order valence-corrected chi connectivity index (χ3v) is 2.61. The molecule has 0 rings (SSSR count). The minimum Gasteiger partial charge on any atom is -0.768 e. The average Bonchev–Trinajstić information content (AvgIpc) is 2.23. The van der Waals surface area contributed by atoms with Crippen LogP contribution >= 0.6 is 11.6 Å². The van der Waals surface area contributed by atoms with Crippen molar-refractivity contribution >= 4 is 22.7 Å². The van der Waals surface area contributed by atoms with Crippen LogP contribution in [0, 0.1) is 0 Å². The molecule has 0 fully saturated rings. The Hall–Kier alpha value is -0.520. The fourth-order valence-corrected chi connectivity index (χ4v) is 0.929. The maximum Gasteiger partial charge on any atom is 0.453 e. The van der Waals surface area contributed by atoms with E-state index in [4.69, 9.17) is 0 Å². The van der Waals surface area contributed by atoms with Crippen molar-refractivity contribution in [2.24, 2.45) is 0 Å². The van der Waals surface area contributed by atoms with E-state index < -0.39 is 46.2 Å². The fourth-order valence-electron chi connectivity index (χ4n) is 0.655. The molecule has 1 unspecified atom stereocenters. The Morgan fingerprint density at radius 3 is 1.21 bits per heavy atom. The number of halogens is 13. The van der Waals surface area contributed by atoms with Gasteiger partial charge in [-0.1, -0.05) is 0 Å². The minimum absolute atomic E-state index is 1.57. The molecule has 0 aromatic heterocycles. The van der Waals surface area contributed by atoms with Gasteiger partial charge in [0, 0.05) is 11.1 Å². The Labute approximate surface area is 129 Å². The van der Waals surface area contributed by atoms with Crippen molar-refractivity contribution in [1.29, 1.82) is 0 Å². The van der Waals surface area contributed by atoms with E-state index in [0.29, 0.717) is 0 Å². The van der Waals surface area contributed by atoms with Crippen LogP contribution in [-0.2, 0) is 20.6 Å². The third-order valence-electron chi connectivity index (χ3n) is 1.73. The van der Waals surface area contributed by atoms with Crippen LogP contribution in [0.4, 0.5) is 52.7 Å². The van der Waals surface area contributed by atoms with Crippen molar-refractivity contribution in [2.45, 2.75) is 35.1 Å². The molecule has 0 saturated heterocycles. The second-order valence-corrected chi connectivity index (χ2v) is 4.98. The maximum atomic E-state index is 12.7. The van der Waals surface area contributed by atoms with E-state index in [1.165, 1.54) is 0 Å². The summed E-state index contributed by atoms with van der Waals surface area (Å²) in [6.45, 7) is 0. The van der Waals surface area contributed by atoms with E-state index in [-0.39, 0.29) is 0 Å². The monoisotopic (exact) mass is 431 g/mol. The molecule has 24 heavy (non-hydrogen) atoms. The molecular formula is C6ClF12O4S-. The molecule has 0 saturated carbocycles. The predicted octanol–water partition coefficient (Wildman–Crippen LogP) is 3.69. The molecule has 146 valence electrons. The lowest BCUT2D eigenvalue weighted by molar-refractivity contribution is -0.531. The maximum absolute atomic E-state index is 12.7. The van der Waals surface area contributed by atoms with E-state index >= 15 is 0 Å². The number of alkyl halides is 13. The van der Waals surface area contributed by atoms with Crippen LogP contribution in [0.1, 0.15) is 0 Å². The number of ether oxygens (including phenoxy) is 2. The Balaban J connectivity index is 5.62. The van der Waals surface area contributed by atoms with Gasteiger partial charge in [0.2, 0.25) is 0 Å². The minimum atomic E-state index is -7.13. The van der Waals surface area contributed by atoms with Gasteiger partial charge < -0.3 is 4.55 Å². The van der Waals surface area contributed by atoms with Gasteiger partial charge in [0.1, 0.15) is 0 Å². The zero-order valence-corrected chi connectivity index (χ0v) is 11.5. The molecule has 0 radical (unpaired) electrons. The molecule has 18 heteroatoms. The quantitative estimate of drug-likeness (QED) is 0.334. The number of rotatable bonds is 8. The molecule has 0 bridgehead atoms. The molecule has 0 aromatic rings. The lowest BCUT2D eigenvalue weighted by Gasteiger charge is -2.34. The van der Waals surface area contributed by atoms with Crippen LogP contribution in [-0.4, -0.2) is 43.8 Å². The van der Waals surface area contributed by atoms with Crippen molar-refractivity contribution < 1.29 is 70.9 Å². The topological polar surface area (TPSA) is 58.6 Å². The Morgan fingerprint density at radius 2 is 0.958 bits per heavy atom. The zero-order chi connectivity index (χ0) is 20.0. The summed E-state index contributed by atoms with van der Waals surface area (Å²) in [5.41, 5.74) is 0. The molecule has 0 spiro atoms. The molecule has 0 heterocycles. The molecule has 0 aliphatic rings. The van der Waals surface area contributed by atoms with Gasteiger partial charge in [0.05, 0.1) is 0 Å². The van der Waals surface area contributed by atoms with Gasteiger partial charge in [-0.25, -0.2) is 9.47 Å². The lowest BCUT2D eigenvalue weighted by atomic mass is 10.5. The van der Waals surface area contributed by atoms with Gasteiger partial charge in [0.25, 0.3) is 0 Å². The molecule has 1 atom stereocenters. The molecule has 0 N–H and O–H groups in total. The van der Waals surface area contributed by atoms with Crippen molar-refractivity contribution in [3.63, 3.8) is 0 Å². The van der Waals surface area contributed by atoms with E-state index in [1.54, 1.807) is 9.47 Å². The first kappa shape index (κ1) is 23.5.